The van der Waals surface area contributed by atoms with Crippen molar-refractivity contribution in [1.29, 1.82) is 0 Å². The molecule has 0 heterocycles. The number of sulfonamides is 1. The molecule has 0 aromatic rings. The number of hydrogen-bond donors (Lipinski definition) is 3. The zero-order valence-corrected chi connectivity index (χ0v) is 11.5. The molecule has 17 heavy (non-hydrogen) atoms. The highest BCUT2D eigenvalue weighted by Gasteiger charge is 2.22. The number of carbonyl (C=O) groups excluding carboxylic acids is 1. The number of nitrogens with one attached hydrogen (secondary N) is 2. The summed E-state index contributed by atoms with van der Waals surface area (Å²) in [5.74, 6) is -0.225. The van der Waals surface area contributed by atoms with Gasteiger partial charge in [-0.05, 0) is 19.3 Å². The van der Waals surface area contributed by atoms with Crippen LogP contribution >= 0.6 is 0 Å². The fraction of sp³-hybridized carbons (Fsp3) is 0.900. The van der Waals surface area contributed by atoms with Crippen molar-refractivity contribution in [1.82, 2.24) is 10.0 Å². The Morgan fingerprint density at radius 1 is 1.29 bits per heavy atom. The average molecular weight is 266 g/mol. The lowest BCUT2D eigenvalue weighted by Crippen LogP contribution is -2.48. The van der Waals surface area contributed by atoms with Gasteiger partial charge in [0.25, 0.3) is 0 Å². The van der Waals surface area contributed by atoms with Gasteiger partial charge >= 0.3 is 0 Å². The lowest BCUT2D eigenvalue weighted by molar-refractivity contribution is -0.123. The molecular formula is C10H22N2O4S. The summed E-state index contributed by atoms with van der Waals surface area (Å²) in [6, 6.07) is -0.788. The number of aliphatic hydroxyl groups excluding tert-OH is 1. The summed E-state index contributed by atoms with van der Waals surface area (Å²) in [6.45, 7) is 5.46. The molecule has 0 spiro atoms. The number of carbonyl (C=O) groups is 1. The number of rotatable bonds is 7. The topological polar surface area (TPSA) is 95.5 Å². The minimum atomic E-state index is -3.43. The summed E-state index contributed by atoms with van der Waals surface area (Å²) < 4.78 is 24.5. The maximum Gasteiger partial charge on any atom is 0.238 e. The zero-order chi connectivity index (χ0) is 13.6. The minimum Gasteiger partial charge on any atom is -0.392 e. The van der Waals surface area contributed by atoms with E-state index in [1.807, 2.05) is 13.8 Å². The molecule has 2 atom stereocenters. The largest absolute Gasteiger partial charge is 0.392 e. The van der Waals surface area contributed by atoms with Gasteiger partial charge in [0.2, 0.25) is 15.9 Å². The van der Waals surface area contributed by atoms with E-state index in [4.69, 9.17) is 5.11 Å². The predicted octanol–water partition coefficient (Wildman–Crippen LogP) is -0.553. The molecule has 0 saturated carbocycles. The number of aliphatic hydroxyl groups is 1. The Kier molecular flexibility index (Phi) is 6.66. The second-order valence-electron chi connectivity index (χ2n) is 4.67. The molecule has 0 saturated heterocycles. The second kappa shape index (κ2) is 6.93. The Morgan fingerprint density at radius 3 is 2.18 bits per heavy atom. The molecule has 0 aliphatic heterocycles. The SMILES string of the molecule is CC(C)CC(NS(C)(=O)=O)C(=O)NC[C@@H](C)O. The highest BCUT2D eigenvalue weighted by molar-refractivity contribution is 7.88. The van der Waals surface area contributed by atoms with Crippen molar-refractivity contribution >= 4 is 15.9 Å². The van der Waals surface area contributed by atoms with E-state index in [2.05, 4.69) is 10.0 Å². The zero-order valence-electron chi connectivity index (χ0n) is 10.7. The summed E-state index contributed by atoms with van der Waals surface area (Å²) in [4.78, 5) is 11.7. The van der Waals surface area contributed by atoms with Gasteiger partial charge in [0.1, 0.15) is 6.04 Å². The maximum atomic E-state index is 11.7. The van der Waals surface area contributed by atoms with Crippen molar-refractivity contribution in [2.24, 2.45) is 5.92 Å². The summed E-state index contributed by atoms with van der Waals surface area (Å²) in [5, 5.41) is 11.5. The highest BCUT2D eigenvalue weighted by Crippen LogP contribution is 2.05. The van der Waals surface area contributed by atoms with Crippen LogP contribution in [0.2, 0.25) is 0 Å². The first-order chi connectivity index (χ1) is 7.61. The van der Waals surface area contributed by atoms with Crippen molar-refractivity contribution in [3.05, 3.63) is 0 Å². The standard InChI is InChI=1S/C10H22N2O4S/c1-7(2)5-9(12-17(4,15)16)10(14)11-6-8(3)13/h7-9,12-13H,5-6H2,1-4H3,(H,11,14)/t8-,9?/m1/s1. The van der Waals surface area contributed by atoms with Crippen molar-refractivity contribution < 1.29 is 18.3 Å². The van der Waals surface area contributed by atoms with Gasteiger partial charge in [-0.3, -0.25) is 4.79 Å². The predicted molar refractivity (Wildman–Crippen MR) is 65.9 cm³/mol. The van der Waals surface area contributed by atoms with Gasteiger partial charge < -0.3 is 10.4 Å². The highest BCUT2D eigenvalue weighted by atomic mass is 32.2. The summed E-state index contributed by atoms with van der Waals surface area (Å²) in [7, 11) is -3.43. The molecule has 102 valence electrons. The molecule has 7 heteroatoms. The van der Waals surface area contributed by atoms with E-state index in [0.717, 1.165) is 6.26 Å². The molecule has 0 aliphatic carbocycles. The van der Waals surface area contributed by atoms with Gasteiger partial charge in [0.15, 0.2) is 0 Å². The Bertz CT molecular complexity index is 338. The molecular weight excluding hydrogens is 244 g/mol. The fourth-order valence-corrected chi connectivity index (χ4v) is 2.03. The molecule has 1 unspecified atom stereocenters. The van der Waals surface area contributed by atoms with Crippen LogP contribution in [0.25, 0.3) is 0 Å². The van der Waals surface area contributed by atoms with Crippen LogP contribution in [0.1, 0.15) is 27.2 Å². The Labute approximate surface area is 103 Å². The van der Waals surface area contributed by atoms with E-state index in [0.29, 0.717) is 6.42 Å². The van der Waals surface area contributed by atoms with Crippen LogP contribution in [0.15, 0.2) is 0 Å². The van der Waals surface area contributed by atoms with Crippen molar-refractivity contribution in [3.63, 3.8) is 0 Å². The number of hydrogen-bond acceptors (Lipinski definition) is 4. The Morgan fingerprint density at radius 2 is 1.82 bits per heavy atom. The lowest BCUT2D eigenvalue weighted by Gasteiger charge is -2.19. The van der Waals surface area contributed by atoms with Crippen LogP contribution in [-0.2, 0) is 14.8 Å². The molecule has 3 N–H and O–H groups in total. The molecule has 0 rings (SSSR count). The van der Waals surface area contributed by atoms with E-state index in [9.17, 15) is 13.2 Å². The third kappa shape index (κ3) is 9.08. The third-order valence-corrected chi connectivity index (χ3v) is 2.66. The average Bonchev–Trinajstić information content (AvgIpc) is 2.09. The molecule has 0 aromatic heterocycles. The Hall–Kier alpha value is -0.660. The van der Waals surface area contributed by atoms with Crippen LogP contribution in [0, 0.1) is 5.92 Å². The lowest BCUT2D eigenvalue weighted by atomic mass is 10.0. The first-order valence-electron chi connectivity index (χ1n) is 5.55. The summed E-state index contributed by atoms with van der Waals surface area (Å²) in [6.07, 6.45) is 0.776. The quantitative estimate of drug-likeness (QED) is 0.576. The molecule has 0 radical (unpaired) electrons. The normalized spacial score (nSPS) is 15.6. The van der Waals surface area contributed by atoms with Crippen molar-refractivity contribution in [2.75, 3.05) is 12.8 Å². The van der Waals surface area contributed by atoms with Crippen LogP contribution < -0.4 is 10.0 Å². The molecule has 1 amide bonds. The first kappa shape index (κ1) is 16.3. The van der Waals surface area contributed by atoms with E-state index in [1.54, 1.807) is 6.92 Å². The number of amides is 1. The van der Waals surface area contributed by atoms with Crippen molar-refractivity contribution in [2.45, 2.75) is 39.3 Å². The Balaban J connectivity index is 4.51. The van der Waals surface area contributed by atoms with Crippen LogP contribution in [0.5, 0.6) is 0 Å². The maximum absolute atomic E-state index is 11.7. The van der Waals surface area contributed by atoms with E-state index in [-0.39, 0.29) is 12.5 Å². The molecule has 0 aliphatic rings. The smallest absolute Gasteiger partial charge is 0.238 e. The monoisotopic (exact) mass is 266 g/mol. The summed E-state index contributed by atoms with van der Waals surface area (Å²) >= 11 is 0. The van der Waals surface area contributed by atoms with Gasteiger partial charge in [-0.15, -0.1) is 0 Å². The van der Waals surface area contributed by atoms with Crippen LogP contribution in [-0.4, -0.2) is 44.4 Å². The molecule has 0 bridgehead atoms. The van der Waals surface area contributed by atoms with Gasteiger partial charge in [-0.1, -0.05) is 13.8 Å². The van der Waals surface area contributed by atoms with E-state index in [1.165, 1.54) is 0 Å². The third-order valence-electron chi connectivity index (χ3n) is 1.95. The summed E-state index contributed by atoms with van der Waals surface area (Å²) in [5.41, 5.74) is 0. The van der Waals surface area contributed by atoms with Gasteiger partial charge in [-0.25, -0.2) is 13.1 Å². The first-order valence-corrected chi connectivity index (χ1v) is 7.44. The van der Waals surface area contributed by atoms with E-state index < -0.39 is 28.1 Å². The molecule has 6 nitrogen and oxygen atoms in total. The molecule has 0 aromatic carbocycles. The minimum absolute atomic E-state index is 0.110. The van der Waals surface area contributed by atoms with Crippen LogP contribution in [0.4, 0.5) is 0 Å². The van der Waals surface area contributed by atoms with Gasteiger partial charge in [0, 0.05) is 6.54 Å². The van der Waals surface area contributed by atoms with E-state index >= 15 is 0 Å². The van der Waals surface area contributed by atoms with Crippen molar-refractivity contribution in [3.8, 4) is 0 Å². The van der Waals surface area contributed by atoms with Gasteiger partial charge in [0.05, 0.1) is 12.4 Å². The second-order valence-corrected chi connectivity index (χ2v) is 6.45. The molecule has 0 fully saturated rings. The van der Waals surface area contributed by atoms with Crippen LogP contribution in [0.3, 0.4) is 0 Å². The fourth-order valence-electron chi connectivity index (χ4n) is 1.31. The van der Waals surface area contributed by atoms with Gasteiger partial charge in [-0.2, -0.15) is 0 Å².